The highest BCUT2D eigenvalue weighted by Gasteiger charge is 2.13. The summed E-state index contributed by atoms with van der Waals surface area (Å²) >= 11 is 5.68. The highest BCUT2D eigenvalue weighted by Crippen LogP contribution is 2.29. The van der Waals surface area contributed by atoms with E-state index in [1.54, 1.807) is 0 Å². The van der Waals surface area contributed by atoms with Crippen LogP contribution in [-0.4, -0.2) is 19.2 Å². The van der Waals surface area contributed by atoms with Crippen LogP contribution in [0.3, 0.4) is 0 Å². The van der Waals surface area contributed by atoms with E-state index >= 15 is 0 Å². The number of benzene rings is 2. The average Bonchev–Trinajstić information content (AvgIpc) is 2.62. The summed E-state index contributed by atoms with van der Waals surface area (Å²) in [5.41, 5.74) is 3.09. The minimum Gasteiger partial charge on any atom is -0.491 e. The number of fused-ring (bicyclic) bond motifs is 1. The van der Waals surface area contributed by atoms with E-state index in [1.807, 2.05) is 12.1 Å². The maximum Gasteiger partial charge on any atom is 0.319 e. The molecule has 0 saturated carbocycles. The van der Waals surface area contributed by atoms with E-state index in [1.165, 1.54) is 42.2 Å². The molecule has 0 heterocycles. The van der Waals surface area contributed by atoms with Crippen LogP contribution in [0, 0.1) is 5.82 Å². The van der Waals surface area contributed by atoms with Crippen LogP contribution in [-0.2, 0) is 12.8 Å². The van der Waals surface area contributed by atoms with Gasteiger partial charge >= 0.3 is 6.03 Å². The zero-order chi connectivity index (χ0) is 17.6. The molecule has 2 N–H and O–H groups in total. The molecule has 3 rings (SSSR count). The molecule has 1 aliphatic carbocycles. The van der Waals surface area contributed by atoms with Crippen LogP contribution in [0.5, 0.6) is 5.75 Å². The van der Waals surface area contributed by atoms with Crippen molar-refractivity contribution >= 4 is 23.3 Å². The van der Waals surface area contributed by atoms with Gasteiger partial charge in [0.25, 0.3) is 0 Å². The molecule has 0 radical (unpaired) electrons. The minimum absolute atomic E-state index is 0.0324. The Labute approximate surface area is 151 Å². The van der Waals surface area contributed by atoms with E-state index in [4.69, 9.17) is 16.3 Å². The Balaban J connectivity index is 1.45. The fourth-order valence-electron chi connectivity index (χ4n) is 2.96. The number of hydrogen-bond acceptors (Lipinski definition) is 2. The van der Waals surface area contributed by atoms with E-state index in [9.17, 15) is 9.18 Å². The summed E-state index contributed by atoms with van der Waals surface area (Å²) in [6, 6.07) is 9.78. The number of carbonyl (C=O) groups is 1. The number of aryl methyl sites for hydroxylation is 1. The lowest BCUT2D eigenvalue weighted by atomic mass is 9.91. The summed E-state index contributed by atoms with van der Waals surface area (Å²) in [6.45, 7) is 0.748. The van der Waals surface area contributed by atoms with Crippen LogP contribution >= 0.6 is 11.6 Å². The molecule has 0 unspecified atom stereocenters. The summed E-state index contributed by atoms with van der Waals surface area (Å²) < 4.78 is 18.9. The number of anilines is 1. The summed E-state index contributed by atoms with van der Waals surface area (Å²) in [4.78, 5) is 11.8. The topological polar surface area (TPSA) is 50.4 Å². The predicted octanol–water partition coefficient (Wildman–Crippen LogP) is 4.56. The van der Waals surface area contributed by atoms with Crippen LogP contribution in [0.15, 0.2) is 36.4 Å². The first-order valence-corrected chi connectivity index (χ1v) is 8.75. The molecule has 2 aromatic carbocycles. The zero-order valence-electron chi connectivity index (χ0n) is 13.8. The van der Waals surface area contributed by atoms with Crippen molar-refractivity contribution in [1.82, 2.24) is 5.32 Å². The summed E-state index contributed by atoms with van der Waals surface area (Å²) in [5.74, 6) is 0.386. The second-order valence-electron chi connectivity index (χ2n) is 5.96. The van der Waals surface area contributed by atoms with Crippen LogP contribution in [0.25, 0.3) is 0 Å². The lowest BCUT2D eigenvalue weighted by molar-refractivity contribution is 0.247. The standard InChI is InChI=1S/C19H20ClFN2O2/c20-16-12-14(8-9-17(16)21)23-19(24)22-10-11-25-18-7-3-5-13-4-1-2-6-15(13)18/h3,5,7-9,12H,1-2,4,6,10-11H2,(H2,22,23,24). The fourth-order valence-corrected chi connectivity index (χ4v) is 3.14. The van der Waals surface area contributed by atoms with E-state index < -0.39 is 5.82 Å². The van der Waals surface area contributed by atoms with E-state index in [-0.39, 0.29) is 11.1 Å². The van der Waals surface area contributed by atoms with Crippen molar-refractivity contribution in [3.05, 3.63) is 58.4 Å². The number of carbonyl (C=O) groups excluding carboxylic acids is 1. The van der Waals surface area contributed by atoms with E-state index in [2.05, 4.69) is 16.7 Å². The van der Waals surface area contributed by atoms with Crippen molar-refractivity contribution in [3.8, 4) is 5.75 Å². The lowest BCUT2D eigenvalue weighted by Crippen LogP contribution is -2.32. The number of urea groups is 1. The maximum absolute atomic E-state index is 13.1. The molecular formula is C19H20ClFN2O2. The summed E-state index contributed by atoms with van der Waals surface area (Å²) in [6.07, 6.45) is 4.57. The SMILES string of the molecule is O=C(NCCOc1cccc2c1CCCC2)Nc1ccc(F)c(Cl)c1. The van der Waals surface area contributed by atoms with Gasteiger partial charge in [0.05, 0.1) is 11.6 Å². The fraction of sp³-hybridized carbons (Fsp3) is 0.316. The van der Waals surface area contributed by atoms with Gasteiger partial charge in [0.2, 0.25) is 0 Å². The molecular weight excluding hydrogens is 343 g/mol. The van der Waals surface area contributed by atoms with Crippen molar-refractivity contribution in [1.29, 1.82) is 0 Å². The second-order valence-corrected chi connectivity index (χ2v) is 6.37. The number of halogens is 2. The molecule has 0 bridgehead atoms. The monoisotopic (exact) mass is 362 g/mol. The average molecular weight is 363 g/mol. The molecule has 6 heteroatoms. The molecule has 0 aromatic heterocycles. The summed E-state index contributed by atoms with van der Waals surface area (Å²) in [7, 11) is 0. The largest absolute Gasteiger partial charge is 0.491 e. The highest BCUT2D eigenvalue weighted by molar-refractivity contribution is 6.31. The molecule has 0 aliphatic heterocycles. The number of nitrogens with one attached hydrogen (secondary N) is 2. The van der Waals surface area contributed by atoms with Gasteiger partial charge in [0.15, 0.2) is 0 Å². The van der Waals surface area contributed by atoms with Crippen molar-refractivity contribution in [2.45, 2.75) is 25.7 Å². The third-order valence-corrected chi connectivity index (χ3v) is 4.47. The Kier molecular flexibility index (Phi) is 5.76. The zero-order valence-corrected chi connectivity index (χ0v) is 14.5. The molecule has 0 saturated heterocycles. The maximum atomic E-state index is 13.1. The van der Waals surface area contributed by atoms with Gasteiger partial charge in [0.1, 0.15) is 18.2 Å². The van der Waals surface area contributed by atoms with Gasteiger partial charge in [0, 0.05) is 5.69 Å². The predicted molar refractivity (Wildman–Crippen MR) is 97.0 cm³/mol. The molecule has 132 valence electrons. The third-order valence-electron chi connectivity index (χ3n) is 4.18. The van der Waals surface area contributed by atoms with E-state index in [0.29, 0.717) is 18.8 Å². The Morgan fingerprint density at radius 1 is 1.20 bits per heavy atom. The van der Waals surface area contributed by atoms with Gasteiger partial charge < -0.3 is 15.4 Å². The first-order chi connectivity index (χ1) is 12.1. The second kappa shape index (κ2) is 8.21. The van der Waals surface area contributed by atoms with E-state index in [0.717, 1.165) is 18.6 Å². The Bertz CT molecular complexity index is 767. The third kappa shape index (κ3) is 4.63. The first kappa shape index (κ1) is 17.5. The Morgan fingerprint density at radius 2 is 2.04 bits per heavy atom. The highest BCUT2D eigenvalue weighted by atomic mass is 35.5. The lowest BCUT2D eigenvalue weighted by Gasteiger charge is -2.19. The van der Waals surface area contributed by atoms with Gasteiger partial charge in [-0.1, -0.05) is 23.7 Å². The van der Waals surface area contributed by atoms with Gasteiger partial charge in [-0.25, -0.2) is 9.18 Å². The van der Waals surface area contributed by atoms with Crippen molar-refractivity contribution in [2.75, 3.05) is 18.5 Å². The Hall–Kier alpha value is -2.27. The number of hydrogen-bond donors (Lipinski definition) is 2. The summed E-state index contributed by atoms with van der Waals surface area (Å²) in [5, 5.41) is 5.27. The number of rotatable bonds is 5. The molecule has 0 fully saturated rings. The first-order valence-electron chi connectivity index (χ1n) is 8.37. The smallest absolute Gasteiger partial charge is 0.319 e. The van der Waals surface area contributed by atoms with Gasteiger partial charge in [-0.3, -0.25) is 0 Å². The minimum atomic E-state index is -0.521. The quantitative estimate of drug-likeness (QED) is 0.766. The van der Waals surface area contributed by atoms with Gasteiger partial charge in [-0.2, -0.15) is 0 Å². The number of ether oxygens (including phenoxy) is 1. The Morgan fingerprint density at radius 3 is 2.88 bits per heavy atom. The normalized spacial score (nSPS) is 13.0. The van der Waals surface area contributed by atoms with Gasteiger partial charge in [-0.15, -0.1) is 0 Å². The van der Waals surface area contributed by atoms with Crippen molar-refractivity contribution in [2.24, 2.45) is 0 Å². The number of amides is 2. The molecule has 4 nitrogen and oxygen atoms in total. The van der Waals surface area contributed by atoms with Crippen LogP contribution in [0.1, 0.15) is 24.0 Å². The molecule has 0 spiro atoms. The van der Waals surface area contributed by atoms with Crippen molar-refractivity contribution < 1.29 is 13.9 Å². The van der Waals surface area contributed by atoms with Crippen molar-refractivity contribution in [3.63, 3.8) is 0 Å². The molecule has 25 heavy (non-hydrogen) atoms. The van der Waals surface area contributed by atoms with Crippen LogP contribution in [0.2, 0.25) is 5.02 Å². The van der Waals surface area contributed by atoms with Crippen LogP contribution < -0.4 is 15.4 Å². The van der Waals surface area contributed by atoms with Crippen LogP contribution in [0.4, 0.5) is 14.9 Å². The molecule has 2 aromatic rings. The molecule has 2 amide bonds. The molecule has 1 aliphatic rings. The van der Waals surface area contributed by atoms with Gasteiger partial charge in [-0.05, 0) is 61.1 Å². The molecule has 0 atom stereocenters.